The summed E-state index contributed by atoms with van der Waals surface area (Å²) in [7, 11) is 0. The molecule has 2 aliphatic rings. The summed E-state index contributed by atoms with van der Waals surface area (Å²) in [5.74, 6) is 0.157. The number of hydrogen-bond donors (Lipinski definition) is 0. The molecule has 4 nitrogen and oxygen atoms in total. The average Bonchev–Trinajstić information content (AvgIpc) is 3.00. The van der Waals surface area contributed by atoms with Crippen LogP contribution in [-0.2, 0) is 4.79 Å². The lowest BCUT2D eigenvalue weighted by atomic mass is 9.99. The van der Waals surface area contributed by atoms with Crippen molar-refractivity contribution in [2.45, 2.75) is 45.3 Å². The van der Waals surface area contributed by atoms with Gasteiger partial charge in [-0.25, -0.2) is 0 Å². The lowest BCUT2D eigenvalue weighted by Gasteiger charge is -2.31. The van der Waals surface area contributed by atoms with Crippen molar-refractivity contribution < 1.29 is 4.79 Å². The number of halogens is 2. The van der Waals surface area contributed by atoms with Crippen LogP contribution in [0.3, 0.4) is 0 Å². The second kappa shape index (κ2) is 8.94. The van der Waals surface area contributed by atoms with Crippen molar-refractivity contribution in [2.24, 2.45) is 4.99 Å². The summed E-state index contributed by atoms with van der Waals surface area (Å²) in [6, 6.07) is 7.49. The Morgan fingerprint density at radius 2 is 1.81 bits per heavy atom. The Kier molecular flexibility index (Phi) is 6.61. The fourth-order valence-corrected chi connectivity index (χ4v) is 3.89. The first-order valence-electron chi connectivity index (χ1n) is 9.47. The van der Waals surface area contributed by atoms with E-state index in [0.29, 0.717) is 16.5 Å². The highest BCUT2D eigenvalue weighted by Crippen LogP contribution is 2.30. The lowest BCUT2D eigenvalue weighted by molar-refractivity contribution is -0.131. The summed E-state index contributed by atoms with van der Waals surface area (Å²) in [5.41, 5.74) is 1.90. The smallest absolute Gasteiger partial charge is 0.225 e. The van der Waals surface area contributed by atoms with Gasteiger partial charge in [0.2, 0.25) is 5.91 Å². The molecule has 0 N–H and O–H groups in total. The monoisotopic (exact) mass is 405 g/mol. The number of amides is 1. The lowest BCUT2D eigenvalue weighted by Crippen LogP contribution is -2.42. The van der Waals surface area contributed by atoms with Gasteiger partial charge in [-0.05, 0) is 42.7 Å². The van der Waals surface area contributed by atoms with E-state index in [0.717, 1.165) is 37.2 Å². The maximum Gasteiger partial charge on any atom is 0.225 e. The normalized spacial score (nSPS) is 21.0. The van der Waals surface area contributed by atoms with Gasteiger partial charge in [0.15, 0.2) is 0 Å². The van der Waals surface area contributed by atoms with Crippen molar-refractivity contribution in [2.75, 3.05) is 13.1 Å². The van der Waals surface area contributed by atoms with Gasteiger partial charge in [-0.3, -0.25) is 9.79 Å². The van der Waals surface area contributed by atoms with Gasteiger partial charge in [0.05, 0.1) is 23.2 Å². The van der Waals surface area contributed by atoms with Crippen molar-refractivity contribution in [1.82, 2.24) is 9.80 Å². The number of fused-ring (bicyclic) bond motifs is 1. The summed E-state index contributed by atoms with van der Waals surface area (Å²) in [5, 5.41) is 1.33. The van der Waals surface area contributed by atoms with Crippen LogP contribution in [0, 0.1) is 0 Å². The number of hydrogen-bond acceptors (Lipinski definition) is 3. The highest BCUT2D eigenvalue weighted by molar-refractivity contribution is 6.31. The van der Waals surface area contributed by atoms with Gasteiger partial charge in [-0.2, -0.15) is 0 Å². The Labute approximate surface area is 171 Å². The predicted octanol–water partition coefficient (Wildman–Crippen LogP) is 4.83. The van der Waals surface area contributed by atoms with Crippen molar-refractivity contribution in [3.05, 3.63) is 58.2 Å². The van der Waals surface area contributed by atoms with E-state index < -0.39 is 0 Å². The van der Waals surface area contributed by atoms with Crippen molar-refractivity contribution in [1.29, 1.82) is 0 Å². The Hall–Kier alpha value is -1.78. The molecule has 0 saturated heterocycles. The van der Waals surface area contributed by atoms with Gasteiger partial charge < -0.3 is 9.80 Å². The molecule has 1 aromatic rings. The third kappa shape index (κ3) is 4.56. The summed E-state index contributed by atoms with van der Waals surface area (Å²) in [4.78, 5) is 21.9. The summed E-state index contributed by atoms with van der Waals surface area (Å²) < 4.78 is 0. The van der Waals surface area contributed by atoms with Crippen molar-refractivity contribution in [3.63, 3.8) is 0 Å². The first-order valence-corrected chi connectivity index (χ1v) is 10.2. The van der Waals surface area contributed by atoms with Crippen LogP contribution in [0.4, 0.5) is 0 Å². The molecule has 2 aliphatic heterocycles. The maximum atomic E-state index is 13.0. The summed E-state index contributed by atoms with van der Waals surface area (Å²) in [6.07, 6.45) is 7.88. The number of aliphatic imine (C=N–C) groups is 1. The van der Waals surface area contributed by atoms with Crippen LogP contribution in [0.1, 0.15) is 38.7 Å². The van der Waals surface area contributed by atoms with Crippen LogP contribution < -0.4 is 0 Å². The van der Waals surface area contributed by atoms with Gasteiger partial charge >= 0.3 is 0 Å². The molecule has 0 aliphatic carbocycles. The number of allylic oxidation sites excluding steroid dienone is 2. The van der Waals surface area contributed by atoms with Crippen LogP contribution in [0.15, 0.2) is 52.6 Å². The molecule has 0 fully saturated rings. The van der Waals surface area contributed by atoms with Crippen LogP contribution >= 0.6 is 23.2 Å². The minimum atomic E-state index is -0.140. The Balaban J connectivity index is 1.88. The molecular weight excluding hydrogens is 381 g/mol. The number of carbonyl (C=O) groups is 1. The molecule has 27 heavy (non-hydrogen) atoms. The van der Waals surface area contributed by atoms with Gasteiger partial charge in [0.25, 0.3) is 0 Å². The first-order chi connectivity index (χ1) is 13.0. The Morgan fingerprint density at radius 1 is 1.15 bits per heavy atom. The molecule has 2 atom stereocenters. The largest absolute Gasteiger partial charge is 0.343 e. The van der Waals surface area contributed by atoms with E-state index in [9.17, 15) is 4.79 Å². The van der Waals surface area contributed by atoms with Gasteiger partial charge in [0.1, 0.15) is 6.17 Å². The fourth-order valence-electron chi connectivity index (χ4n) is 3.58. The zero-order valence-electron chi connectivity index (χ0n) is 15.7. The Bertz CT molecular complexity index is 764. The predicted molar refractivity (Wildman–Crippen MR) is 112 cm³/mol. The highest BCUT2D eigenvalue weighted by Gasteiger charge is 2.37. The van der Waals surface area contributed by atoms with Crippen molar-refractivity contribution >= 4 is 34.8 Å². The minimum absolute atomic E-state index is 0.123. The topological polar surface area (TPSA) is 35.9 Å². The van der Waals surface area contributed by atoms with E-state index >= 15 is 0 Å². The molecule has 1 amide bonds. The summed E-state index contributed by atoms with van der Waals surface area (Å²) in [6.45, 7) is 5.76. The van der Waals surface area contributed by atoms with Crippen molar-refractivity contribution in [3.8, 4) is 0 Å². The SMILES string of the molecule is CCCN(CCC)C(=O)CC1C(c2ccc(Cl)cc2)=NC2C=CC(Cl)=CN21. The molecule has 0 aromatic heterocycles. The highest BCUT2D eigenvalue weighted by atomic mass is 35.5. The van der Waals surface area contributed by atoms with Crippen LogP contribution in [0.25, 0.3) is 0 Å². The molecule has 2 unspecified atom stereocenters. The molecular formula is C21H25Cl2N3O. The molecule has 0 spiro atoms. The van der Waals surface area contributed by atoms with E-state index in [1.54, 1.807) is 0 Å². The molecule has 144 valence electrons. The van der Waals surface area contributed by atoms with Gasteiger partial charge in [0, 0.05) is 24.3 Å². The molecule has 1 aromatic carbocycles. The maximum absolute atomic E-state index is 13.0. The molecule has 6 heteroatoms. The molecule has 2 heterocycles. The Morgan fingerprint density at radius 3 is 2.44 bits per heavy atom. The third-order valence-corrected chi connectivity index (χ3v) is 5.28. The van der Waals surface area contributed by atoms with Crippen LogP contribution in [-0.4, -0.2) is 46.7 Å². The van der Waals surface area contributed by atoms with E-state index in [-0.39, 0.29) is 18.1 Å². The summed E-state index contributed by atoms with van der Waals surface area (Å²) >= 11 is 12.3. The average molecular weight is 406 g/mol. The molecule has 0 saturated carbocycles. The van der Waals surface area contributed by atoms with Crippen LogP contribution in [0.2, 0.25) is 5.02 Å². The second-order valence-corrected chi connectivity index (χ2v) is 7.73. The zero-order chi connectivity index (χ0) is 19.4. The van der Waals surface area contributed by atoms with E-state index in [2.05, 4.69) is 18.7 Å². The number of rotatable bonds is 7. The van der Waals surface area contributed by atoms with E-state index in [4.69, 9.17) is 28.2 Å². The number of benzene rings is 1. The standard InChI is InChI=1S/C21H25Cl2N3O/c1-3-11-25(12-4-2)20(27)13-18-21(15-5-7-16(22)8-6-15)24-19-10-9-17(23)14-26(18)19/h5-10,14,18-19H,3-4,11-13H2,1-2H3. The number of nitrogens with zero attached hydrogens (tertiary/aromatic N) is 3. The third-order valence-electron chi connectivity index (χ3n) is 4.80. The molecule has 0 bridgehead atoms. The van der Waals surface area contributed by atoms with Crippen LogP contribution in [0.5, 0.6) is 0 Å². The minimum Gasteiger partial charge on any atom is -0.343 e. The van der Waals surface area contributed by atoms with E-state index in [1.165, 1.54) is 0 Å². The van der Waals surface area contributed by atoms with E-state index in [1.807, 2.05) is 47.5 Å². The van der Waals surface area contributed by atoms with Gasteiger partial charge in [-0.1, -0.05) is 49.2 Å². The quantitative estimate of drug-likeness (QED) is 0.651. The second-order valence-electron chi connectivity index (χ2n) is 6.86. The number of carbonyl (C=O) groups excluding carboxylic acids is 1. The molecule has 0 radical (unpaired) electrons. The van der Waals surface area contributed by atoms with Gasteiger partial charge in [-0.15, -0.1) is 0 Å². The first kappa shape index (κ1) is 20.0. The molecule has 3 rings (SSSR count). The fraction of sp³-hybridized carbons (Fsp3) is 0.429. The zero-order valence-corrected chi connectivity index (χ0v) is 17.2.